The van der Waals surface area contributed by atoms with Crippen molar-refractivity contribution in [1.29, 1.82) is 0 Å². The first-order valence-corrected chi connectivity index (χ1v) is 7.05. The standard InChI is InChI=1S/C14H24N2O5/c1-13(2,3)21-10(17)7-9(11(18)19)16-12(20)14(8-15)5-4-6-14/h9H,4-8,15H2,1-3H3,(H,16,20)(H,18,19)/t9-/m0/s1. The SMILES string of the molecule is CC(C)(C)OC(=O)C[C@H](NC(=O)C1(CN)CCC1)C(=O)O. The number of amides is 1. The van der Waals surface area contributed by atoms with Gasteiger partial charge in [0, 0.05) is 6.54 Å². The van der Waals surface area contributed by atoms with Crippen LogP contribution < -0.4 is 11.1 Å². The minimum Gasteiger partial charge on any atom is -0.480 e. The van der Waals surface area contributed by atoms with Crippen LogP contribution in [0.25, 0.3) is 0 Å². The van der Waals surface area contributed by atoms with Gasteiger partial charge in [-0.25, -0.2) is 4.79 Å². The van der Waals surface area contributed by atoms with Crippen molar-refractivity contribution in [1.82, 2.24) is 5.32 Å². The van der Waals surface area contributed by atoms with E-state index in [1.54, 1.807) is 20.8 Å². The summed E-state index contributed by atoms with van der Waals surface area (Å²) < 4.78 is 5.07. The predicted octanol–water partition coefficient (Wildman–Crippen LogP) is 0.417. The molecular formula is C14H24N2O5. The quantitative estimate of drug-likeness (QED) is 0.612. The van der Waals surface area contributed by atoms with Gasteiger partial charge in [-0.15, -0.1) is 0 Å². The molecule has 0 heterocycles. The summed E-state index contributed by atoms with van der Waals surface area (Å²) in [7, 11) is 0. The van der Waals surface area contributed by atoms with Crippen LogP contribution in [-0.2, 0) is 19.1 Å². The zero-order valence-corrected chi connectivity index (χ0v) is 12.8. The van der Waals surface area contributed by atoms with Crippen LogP contribution in [0.1, 0.15) is 46.5 Å². The number of esters is 1. The molecule has 4 N–H and O–H groups in total. The lowest BCUT2D eigenvalue weighted by atomic mass is 9.68. The van der Waals surface area contributed by atoms with E-state index in [1.807, 2.05) is 0 Å². The van der Waals surface area contributed by atoms with E-state index in [9.17, 15) is 14.4 Å². The molecule has 1 saturated carbocycles. The third-order valence-corrected chi connectivity index (χ3v) is 3.58. The molecule has 1 fully saturated rings. The maximum Gasteiger partial charge on any atom is 0.326 e. The van der Waals surface area contributed by atoms with Gasteiger partial charge in [-0.1, -0.05) is 6.42 Å². The van der Waals surface area contributed by atoms with Gasteiger partial charge in [0.15, 0.2) is 0 Å². The molecular weight excluding hydrogens is 276 g/mol. The van der Waals surface area contributed by atoms with Crippen LogP contribution in [0.15, 0.2) is 0 Å². The Bertz CT molecular complexity index is 418. The normalized spacial score (nSPS) is 18.3. The van der Waals surface area contributed by atoms with Crippen molar-refractivity contribution in [2.45, 2.75) is 58.1 Å². The Hall–Kier alpha value is -1.63. The molecule has 0 spiro atoms. The van der Waals surface area contributed by atoms with E-state index in [4.69, 9.17) is 15.6 Å². The summed E-state index contributed by atoms with van der Waals surface area (Å²) in [5, 5.41) is 11.6. The number of carboxylic acid groups (broad SMARTS) is 1. The average molecular weight is 300 g/mol. The minimum absolute atomic E-state index is 0.178. The second-order valence-corrected chi connectivity index (χ2v) is 6.49. The molecule has 1 aliphatic rings. The molecule has 0 unspecified atom stereocenters. The second kappa shape index (κ2) is 6.43. The van der Waals surface area contributed by atoms with Crippen LogP contribution in [-0.4, -0.2) is 41.1 Å². The number of rotatable bonds is 6. The first-order chi connectivity index (χ1) is 9.59. The van der Waals surface area contributed by atoms with Crippen LogP contribution in [0.2, 0.25) is 0 Å². The average Bonchev–Trinajstić information content (AvgIpc) is 2.24. The minimum atomic E-state index is -1.30. The highest BCUT2D eigenvalue weighted by atomic mass is 16.6. The monoisotopic (exact) mass is 300 g/mol. The largest absolute Gasteiger partial charge is 0.480 e. The number of ether oxygens (including phenoxy) is 1. The zero-order valence-electron chi connectivity index (χ0n) is 12.8. The van der Waals surface area contributed by atoms with Crippen molar-refractivity contribution in [3.63, 3.8) is 0 Å². The fourth-order valence-corrected chi connectivity index (χ4v) is 2.19. The molecule has 0 aliphatic heterocycles. The van der Waals surface area contributed by atoms with E-state index in [0.717, 1.165) is 6.42 Å². The highest BCUT2D eigenvalue weighted by molar-refractivity contribution is 5.90. The van der Waals surface area contributed by atoms with Gasteiger partial charge in [0.05, 0.1) is 11.8 Å². The van der Waals surface area contributed by atoms with Gasteiger partial charge in [0.25, 0.3) is 0 Å². The smallest absolute Gasteiger partial charge is 0.326 e. The molecule has 0 aromatic rings. The number of carbonyl (C=O) groups excluding carboxylic acids is 2. The molecule has 7 nitrogen and oxygen atoms in total. The molecule has 0 aromatic heterocycles. The van der Waals surface area contributed by atoms with Gasteiger partial charge in [-0.05, 0) is 33.6 Å². The lowest BCUT2D eigenvalue weighted by Crippen LogP contribution is -2.55. The van der Waals surface area contributed by atoms with Crippen LogP contribution in [0.5, 0.6) is 0 Å². The fourth-order valence-electron chi connectivity index (χ4n) is 2.19. The molecule has 0 aromatic carbocycles. The summed E-state index contributed by atoms with van der Waals surface area (Å²) in [4.78, 5) is 35.1. The number of aliphatic carboxylic acids is 1. The Labute approximate surface area is 124 Å². The van der Waals surface area contributed by atoms with E-state index >= 15 is 0 Å². The summed E-state index contributed by atoms with van der Waals surface area (Å²) in [5.41, 5.74) is 4.23. The van der Waals surface area contributed by atoms with E-state index in [0.29, 0.717) is 12.8 Å². The van der Waals surface area contributed by atoms with E-state index in [-0.39, 0.29) is 6.54 Å². The Kier molecular flexibility index (Phi) is 5.33. The summed E-state index contributed by atoms with van der Waals surface area (Å²) in [6.07, 6.45) is 1.79. The molecule has 7 heteroatoms. The number of hydrogen-bond donors (Lipinski definition) is 3. The van der Waals surface area contributed by atoms with Crippen molar-refractivity contribution in [2.75, 3.05) is 6.54 Å². The lowest BCUT2D eigenvalue weighted by Gasteiger charge is -2.39. The summed E-state index contributed by atoms with van der Waals surface area (Å²) in [6, 6.07) is -1.30. The molecule has 120 valence electrons. The molecule has 1 atom stereocenters. The van der Waals surface area contributed by atoms with Crippen molar-refractivity contribution in [3.05, 3.63) is 0 Å². The summed E-state index contributed by atoms with van der Waals surface area (Å²) in [5.74, 6) is -2.32. The third-order valence-electron chi connectivity index (χ3n) is 3.58. The number of hydrogen-bond acceptors (Lipinski definition) is 5. The third kappa shape index (κ3) is 4.70. The Morgan fingerprint density at radius 3 is 2.24 bits per heavy atom. The van der Waals surface area contributed by atoms with Gasteiger partial charge in [0.2, 0.25) is 5.91 Å². The van der Waals surface area contributed by atoms with Gasteiger partial charge in [-0.3, -0.25) is 9.59 Å². The fraction of sp³-hybridized carbons (Fsp3) is 0.786. The summed E-state index contributed by atoms with van der Waals surface area (Å²) in [6.45, 7) is 5.25. The molecule has 0 radical (unpaired) electrons. The second-order valence-electron chi connectivity index (χ2n) is 6.49. The molecule has 1 amide bonds. The zero-order chi connectivity index (χ0) is 16.3. The Morgan fingerprint density at radius 1 is 1.33 bits per heavy atom. The molecule has 21 heavy (non-hydrogen) atoms. The van der Waals surface area contributed by atoms with Crippen molar-refractivity contribution in [3.8, 4) is 0 Å². The highest BCUT2D eigenvalue weighted by Gasteiger charge is 2.44. The number of nitrogens with one attached hydrogen (secondary N) is 1. The van der Waals surface area contributed by atoms with Crippen molar-refractivity contribution < 1.29 is 24.2 Å². The van der Waals surface area contributed by atoms with Crippen LogP contribution in [0.3, 0.4) is 0 Å². The lowest BCUT2D eigenvalue weighted by molar-refractivity contribution is -0.159. The van der Waals surface area contributed by atoms with Crippen LogP contribution >= 0.6 is 0 Å². The van der Waals surface area contributed by atoms with Crippen molar-refractivity contribution in [2.24, 2.45) is 11.1 Å². The summed E-state index contributed by atoms with van der Waals surface area (Å²) >= 11 is 0. The molecule has 0 saturated heterocycles. The maximum absolute atomic E-state index is 12.2. The molecule has 1 rings (SSSR count). The van der Waals surface area contributed by atoms with E-state index < -0.39 is 41.3 Å². The van der Waals surface area contributed by atoms with Crippen molar-refractivity contribution >= 4 is 17.8 Å². The number of nitrogens with two attached hydrogens (primary N) is 1. The predicted molar refractivity (Wildman–Crippen MR) is 75.4 cm³/mol. The maximum atomic E-state index is 12.2. The first-order valence-electron chi connectivity index (χ1n) is 7.05. The Balaban J connectivity index is 2.64. The van der Waals surface area contributed by atoms with Crippen LogP contribution in [0.4, 0.5) is 0 Å². The van der Waals surface area contributed by atoms with Crippen LogP contribution in [0, 0.1) is 5.41 Å². The van der Waals surface area contributed by atoms with Gasteiger partial charge >= 0.3 is 11.9 Å². The Morgan fingerprint density at radius 2 is 1.90 bits per heavy atom. The van der Waals surface area contributed by atoms with Gasteiger partial charge in [-0.2, -0.15) is 0 Å². The van der Waals surface area contributed by atoms with Gasteiger partial charge in [0.1, 0.15) is 11.6 Å². The van der Waals surface area contributed by atoms with Gasteiger partial charge < -0.3 is 20.9 Å². The first kappa shape index (κ1) is 17.4. The van der Waals surface area contributed by atoms with E-state index in [2.05, 4.69) is 5.32 Å². The molecule has 1 aliphatic carbocycles. The molecule has 0 bridgehead atoms. The topological polar surface area (TPSA) is 119 Å². The highest BCUT2D eigenvalue weighted by Crippen LogP contribution is 2.40. The van der Waals surface area contributed by atoms with E-state index in [1.165, 1.54) is 0 Å². The number of carboxylic acids is 1. The number of carbonyl (C=O) groups is 3.